The number of anilines is 1. The van der Waals surface area contributed by atoms with Crippen LogP contribution in [0.15, 0.2) is 0 Å². The molecular formula is C20H18ClN3O10. The van der Waals surface area contributed by atoms with Crippen LogP contribution in [-0.4, -0.2) is 61.0 Å². The Morgan fingerprint density at radius 1 is 1.24 bits per heavy atom. The molecule has 0 saturated heterocycles. The van der Waals surface area contributed by atoms with Crippen LogP contribution in [0.3, 0.4) is 0 Å². The van der Waals surface area contributed by atoms with Crippen LogP contribution in [0.4, 0.5) is 11.4 Å². The van der Waals surface area contributed by atoms with Crippen LogP contribution in [0.5, 0.6) is 5.75 Å². The second kappa shape index (κ2) is 7.29. The molecule has 0 bridgehead atoms. The van der Waals surface area contributed by atoms with Gasteiger partial charge in [-0.25, -0.2) is 0 Å². The monoisotopic (exact) mass is 495 g/mol. The molecule has 2 unspecified atom stereocenters. The van der Waals surface area contributed by atoms with Gasteiger partial charge in [0.2, 0.25) is 5.91 Å². The van der Waals surface area contributed by atoms with Crippen LogP contribution in [0.25, 0.3) is 0 Å². The van der Waals surface area contributed by atoms with E-state index in [4.69, 9.17) is 23.1 Å². The number of carbonyl (C=O) groups excluding carboxylic acids is 5. The first kappa shape index (κ1) is 23.7. The van der Waals surface area contributed by atoms with Gasteiger partial charge in [-0.2, -0.15) is 0 Å². The van der Waals surface area contributed by atoms with E-state index >= 15 is 0 Å². The zero-order valence-corrected chi connectivity index (χ0v) is 18.1. The van der Waals surface area contributed by atoms with Crippen molar-refractivity contribution >= 4 is 52.0 Å². The van der Waals surface area contributed by atoms with E-state index in [9.17, 15) is 49.4 Å². The quantitative estimate of drug-likeness (QED) is 0.109. The Labute approximate surface area is 194 Å². The Morgan fingerprint density at radius 3 is 2.35 bits per heavy atom. The number of Topliss-reactive ketones (excluding diaryl/α,β-unsaturated/α-hetero) is 4. The van der Waals surface area contributed by atoms with Gasteiger partial charge < -0.3 is 26.8 Å². The van der Waals surface area contributed by atoms with E-state index in [2.05, 4.69) is 0 Å². The maximum absolute atomic E-state index is 13.5. The summed E-state index contributed by atoms with van der Waals surface area (Å²) in [6, 6.07) is 0. The fourth-order valence-electron chi connectivity index (χ4n) is 5.70. The first-order valence-electron chi connectivity index (χ1n) is 10.0. The number of fused-ring (bicyclic) bond motifs is 3. The number of carbonyl (C=O) groups is 5. The molecule has 4 rings (SSSR count). The summed E-state index contributed by atoms with van der Waals surface area (Å²) in [6.45, 7) is 1.32. The van der Waals surface area contributed by atoms with E-state index in [1.807, 2.05) is 0 Å². The highest BCUT2D eigenvalue weighted by Gasteiger charge is 2.70. The van der Waals surface area contributed by atoms with Crippen molar-refractivity contribution in [2.24, 2.45) is 29.4 Å². The van der Waals surface area contributed by atoms with Gasteiger partial charge in [-0.15, -0.1) is 0 Å². The van der Waals surface area contributed by atoms with E-state index in [0.29, 0.717) is 0 Å². The van der Waals surface area contributed by atoms with Crippen molar-refractivity contribution in [3.05, 3.63) is 26.3 Å². The van der Waals surface area contributed by atoms with Crippen molar-refractivity contribution in [1.82, 2.24) is 0 Å². The lowest BCUT2D eigenvalue weighted by Crippen LogP contribution is -2.72. The second-order valence-electron chi connectivity index (χ2n) is 8.78. The Balaban J connectivity index is 1.98. The third-order valence-electron chi connectivity index (χ3n) is 7.26. The average Bonchev–Trinajstić information content (AvgIpc) is 2.74. The van der Waals surface area contributed by atoms with Crippen molar-refractivity contribution in [2.45, 2.75) is 31.0 Å². The van der Waals surface area contributed by atoms with Crippen LogP contribution in [0, 0.1) is 33.8 Å². The van der Waals surface area contributed by atoms with Crippen LogP contribution >= 0.6 is 11.6 Å². The van der Waals surface area contributed by atoms with Gasteiger partial charge in [0.25, 0.3) is 5.69 Å². The number of phenols is 1. The maximum Gasteiger partial charge on any atom is 0.294 e. The number of phenolic OH excluding ortho intramolecular Hbond substituents is 1. The maximum atomic E-state index is 13.5. The number of aliphatic hydroxyl groups is 2. The molecule has 0 aliphatic heterocycles. The summed E-state index contributed by atoms with van der Waals surface area (Å²) in [6.07, 6.45) is -2.64. The molecule has 0 heterocycles. The number of halogens is 1. The summed E-state index contributed by atoms with van der Waals surface area (Å²) >= 11 is 5.96. The number of benzene rings is 1. The standard InChI is InChI=1S/C20H18ClN3O10/c1-3-6-9(16(28)12(22)11(21)13(6)24(33)34)15(27)10-7(3)14(26)4-2-5(25)8(19(23)31)17(29)20(4,32)18(10)30/h3-4,7-8,10,14,26,28,32H,2,22H2,1H3,(H2,23,31)/t3-,4+,7+,8?,10?,14+,20+/m0/s1. The number of aliphatic hydroxyl groups excluding tert-OH is 1. The average molecular weight is 496 g/mol. The Kier molecular flexibility index (Phi) is 5.09. The summed E-state index contributed by atoms with van der Waals surface area (Å²) in [5.74, 6) is -16.0. The zero-order valence-electron chi connectivity index (χ0n) is 17.4. The number of ketones is 4. The summed E-state index contributed by atoms with van der Waals surface area (Å²) in [7, 11) is 0. The molecule has 1 aromatic rings. The van der Waals surface area contributed by atoms with E-state index < -0.39 is 109 Å². The molecular weight excluding hydrogens is 478 g/mol. The highest BCUT2D eigenvalue weighted by atomic mass is 35.5. The summed E-state index contributed by atoms with van der Waals surface area (Å²) < 4.78 is 0. The fraction of sp³-hybridized carbons (Fsp3) is 0.450. The molecule has 0 radical (unpaired) electrons. The van der Waals surface area contributed by atoms with E-state index in [0.717, 1.165) is 0 Å². The lowest BCUT2D eigenvalue weighted by Gasteiger charge is -2.52. The summed E-state index contributed by atoms with van der Waals surface area (Å²) in [5, 5.41) is 43.8. The van der Waals surface area contributed by atoms with Crippen molar-refractivity contribution in [3.8, 4) is 5.75 Å². The molecule has 34 heavy (non-hydrogen) atoms. The second-order valence-corrected chi connectivity index (χ2v) is 9.15. The number of amides is 1. The molecule has 2 saturated carbocycles. The van der Waals surface area contributed by atoms with E-state index in [-0.39, 0.29) is 5.56 Å². The van der Waals surface area contributed by atoms with Crippen molar-refractivity contribution < 1.29 is 44.2 Å². The number of primary amides is 1. The smallest absolute Gasteiger partial charge is 0.294 e. The van der Waals surface area contributed by atoms with Gasteiger partial charge in [0, 0.05) is 23.8 Å². The Hall–Kier alpha value is -3.42. The molecule has 0 aromatic heterocycles. The minimum atomic E-state index is -3.10. The van der Waals surface area contributed by atoms with Gasteiger partial charge in [0.05, 0.1) is 22.5 Å². The lowest BCUT2D eigenvalue weighted by atomic mass is 9.50. The van der Waals surface area contributed by atoms with Gasteiger partial charge in [-0.3, -0.25) is 34.1 Å². The summed E-state index contributed by atoms with van der Waals surface area (Å²) in [4.78, 5) is 74.7. The Bertz CT molecular complexity index is 1250. The molecule has 180 valence electrons. The predicted octanol–water partition coefficient (Wildman–Crippen LogP) is -0.997. The van der Waals surface area contributed by atoms with Crippen LogP contribution in [-0.2, 0) is 19.2 Å². The lowest BCUT2D eigenvalue weighted by molar-refractivity contribution is -0.385. The molecule has 7 N–H and O–H groups in total. The molecule has 3 aliphatic carbocycles. The SMILES string of the molecule is C[C@H]1c2c(c(O)c(N)c(Cl)c2[N+](=O)[O-])C(=O)C2C(=O)[C@]3(O)C(=O)C(C(N)=O)C(=O)C[C@@H]3[C@@H](O)[C@@H]21. The van der Waals surface area contributed by atoms with Crippen LogP contribution in [0.2, 0.25) is 5.02 Å². The molecule has 2 fully saturated rings. The fourth-order valence-corrected chi connectivity index (χ4v) is 5.96. The molecule has 3 aliphatic rings. The van der Waals surface area contributed by atoms with E-state index in [1.54, 1.807) is 0 Å². The van der Waals surface area contributed by atoms with Gasteiger partial charge in [-0.05, 0) is 5.92 Å². The molecule has 14 heteroatoms. The zero-order chi connectivity index (χ0) is 25.6. The van der Waals surface area contributed by atoms with Gasteiger partial charge in [0.1, 0.15) is 10.7 Å². The highest BCUT2D eigenvalue weighted by Crippen LogP contribution is 2.57. The molecule has 1 aromatic carbocycles. The predicted molar refractivity (Wildman–Crippen MR) is 111 cm³/mol. The van der Waals surface area contributed by atoms with Crippen LogP contribution < -0.4 is 11.5 Å². The van der Waals surface area contributed by atoms with Crippen molar-refractivity contribution in [1.29, 1.82) is 0 Å². The number of hydrogen-bond acceptors (Lipinski definition) is 11. The topological polar surface area (TPSA) is 241 Å². The Morgan fingerprint density at radius 2 is 1.82 bits per heavy atom. The first-order chi connectivity index (χ1) is 15.7. The number of hydrogen-bond donors (Lipinski definition) is 5. The number of rotatable bonds is 2. The normalized spacial score (nSPS) is 34.8. The highest BCUT2D eigenvalue weighted by molar-refractivity contribution is 6.37. The largest absolute Gasteiger partial charge is 0.505 e. The minimum Gasteiger partial charge on any atom is -0.505 e. The van der Waals surface area contributed by atoms with Gasteiger partial charge in [0.15, 0.2) is 40.4 Å². The van der Waals surface area contributed by atoms with Crippen LogP contribution in [0.1, 0.15) is 35.2 Å². The number of nitrogen functional groups attached to an aromatic ring is 1. The molecule has 1 amide bonds. The molecule has 13 nitrogen and oxygen atoms in total. The van der Waals surface area contributed by atoms with Gasteiger partial charge in [-0.1, -0.05) is 18.5 Å². The third-order valence-corrected chi connectivity index (χ3v) is 7.64. The summed E-state index contributed by atoms with van der Waals surface area (Å²) in [5.41, 5.74) is 5.05. The van der Waals surface area contributed by atoms with E-state index in [1.165, 1.54) is 6.92 Å². The molecule has 0 spiro atoms. The van der Waals surface area contributed by atoms with Crippen molar-refractivity contribution in [2.75, 3.05) is 5.73 Å². The van der Waals surface area contributed by atoms with Gasteiger partial charge >= 0.3 is 0 Å². The third kappa shape index (κ3) is 2.65. The number of nitro benzene ring substituents is 1. The number of nitrogens with zero attached hydrogens (tertiary/aromatic N) is 1. The number of nitrogens with two attached hydrogens (primary N) is 2. The minimum absolute atomic E-state index is 0.381. The molecule has 7 atom stereocenters. The number of nitro groups is 1. The van der Waals surface area contributed by atoms with Crippen molar-refractivity contribution in [3.63, 3.8) is 0 Å². The number of aromatic hydroxyl groups is 1. The first-order valence-corrected chi connectivity index (χ1v) is 10.4.